The number of carbonyl (C=O) groups is 3. The molecule has 1 atom stereocenters. The smallest absolute Gasteiger partial charge is 0.326 e. The molecule has 0 unspecified atom stereocenters. The molecule has 2 amide bonds. The van der Waals surface area contributed by atoms with Crippen LogP contribution in [-0.4, -0.2) is 38.7 Å². The third-order valence-electron chi connectivity index (χ3n) is 2.24. The van der Waals surface area contributed by atoms with Gasteiger partial charge in [0.05, 0.1) is 6.42 Å². The summed E-state index contributed by atoms with van der Waals surface area (Å²) in [6, 6.07) is -1.35. The van der Waals surface area contributed by atoms with Crippen LogP contribution in [0.4, 0.5) is 0 Å². The monoisotopic (exact) mass is 254 g/mol. The fraction of sp³-hybridized carbons (Fsp3) is 0.400. The van der Waals surface area contributed by atoms with Crippen LogP contribution in [0.25, 0.3) is 0 Å². The number of amides is 2. The van der Waals surface area contributed by atoms with Gasteiger partial charge in [-0.1, -0.05) is 0 Å². The summed E-state index contributed by atoms with van der Waals surface area (Å²) in [6.45, 7) is 1.67. The van der Waals surface area contributed by atoms with Gasteiger partial charge in [0.2, 0.25) is 5.91 Å². The van der Waals surface area contributed by atoms with Gasteiger partial charge in [0, 0.05) is 18.8 Å². The lowest BCUT2D eigenvalue weighted by Gasteiger charge is -2.11. The fourth-order valence-electron chi connectivity index (χ4n) is 1.46. The first kappa shape index (κ1) is 13.7. The van der Waals surface area contributed by atoms with Crippen molar-refractivity contribution >= 4 is 17.8 Å². The first-order valence-corrected chi connectivity index (χ1v) is 5.13. The van der Waals surface area contributed by atoms with E-state index in [-0.39, 0.29) is 5.69 Å². The maximum atomic E-state index is 11.8. The fourth-order valence-corrected chi connectivity index (χ4v) is 1.46. The molecule has 8 nitrogen and oxygen atoms in total. The molecule has 0 radical (unpaired) electrons. The summed E-state index contributed by atoms with van der Waals surface area (Å²) in [7, 11) is 1.64. The molecule has 0 spiro atoms. The number of aryl methyl sites for hydroxylation is 2. The number of primary amides is 1. The molecular weight excluding hydrogens is 240 g/mol. The molecule has 0 aromatic carbocycles. The third kappa shape index (κ3) is 3.30. The zero-order chi connectivity index (χ0) is 13.9. The number of carboxylic acid groups (broad SMARTS) is 1. The van der Waals surface area contributed by atoms with Crippen molar-refractivity contribution in [3.63, 3.8) is 0 Å². The van der Waals surface area contributed by atoms with Gasteiger partial charge in [-0.25, -0.2) is 4.79 Å². The van der Waals surface area contributed by atoms with Crippen molar-refractivity contribution in [3.8, 4) is 0 Å². The van der Waals surface area contributed by atoms with Crippen LogP contribution in [-0.2, 0) is 16.6 Å². The predicted octanol–water partition coefficient (Wildman–Crippen LogP) is -1.21. The van der Waals surface area contributed by atoms with E-state index in [0.29, 0.717) is 5.56 Å². The molecular formula is C10H14N4O4. The van der Waals surface area contributed by atoms with E-state index < -0.39 is 30.2 Å². The number of carbonyl (C=O) groups excluding carboxylic acids is 2. The number of nitrogens with one attached hydrogen (secondary N) is 1. The van der Waals surface area contributed by atoms with Crippen molar-refractivity contribution < 1.29 is 19.5 Å². The molecule has 0 bridgehead atoms. The number of hydrogen-bond donors (Lipinski definition) is 3. The van der Waals surface area contributed by atoms with Crippen LogP contribution in [0.3, 0.4) is 0 Å². The Morgan fingerprint density at radius 2 is 2.17 bits per heavy atom. The SMILES string of the molecule is Cc1cn(C)nc1C(=O)N[C@@H](CC(N)=O)C(=O)O. The van der Waals surface area contributed by atoms with Gasteiger partial charge in [0.1, 0.15) is 6.04 Å². The molecule has 0 aliphatic heterocycles. The average molecular weight is 254 g/mol. The molecule has 1 aromatic heterocycles. The van der Waals surface area contributed by atoms with Crippen LogP contribution in [0.15, 0.2) is 6.20 Å². The maximum absolute atomic E-state index is 11.8. The highest BCUT2D eigenvalue weighted by atomic mass is 16.4. The van der Waals surface area contributed by atoms with E-state index in [1.807, 2.05) is 0 Å². The average Bonchev–Trinajstić information content (AvgIpc) is 2.56. The Balaban J connectivity index is 2.81. The second-order valence-electron chi connectivity index (χ2n) is 3.87. The van der Waals surface area contributed by atoms with Crippen molar-refractivity contribution in [1.29, 1.82) is 0 Å². The van der Waals surface area contributed by atoms with Gasteiger partial charge >= 0.3 is 5.97 Å². The van der Waals surface area contributed by atoms with Crippen LogP contribution >= 0.6 is 0 Å². The predicted molar refractivity (Wildman–Crippen MR) is 60.6 cm³/mol. The van der Waals surface area contributed by atoms with Crippen LogP contribution < -0.4 is 11.1 Å². The van der Waals surface area contributed by atoms with E-state index in [9.17, 15) is 14.4 Å². The van der Waals surface area contributed by atoms with Gasteiger partial charge in [0.15, 0.2) is 5.69 Å². The Morgan fingerprint density at radius 1 is 1.56 bits per heavy atom. The summed E-state index contributed by atoms with van der Waals surface area (Å²) < 4.78 is 1.44. The van der Waals surface area contributed by atoms with Crippen LogP contribution in [0, 0.1) is 6.92 Å². The molecule has 1 aromatic rings. The molecule has 0 aliphatic rings. The van der Waals surface area contributed by atoms with Crippen molar-refractivity contribution in [2.45, 2.75) is 19.4 Å². The molecule has 4 N–H and O–H groups in total. The highest BCUT2D eigenvalue weighted by Gasteiger charge is 2.24. The molecule has 0 fully saturated rings. The zero-order valence-corrected chi connectivity index (χ0v) is 10.0. The Labute approximate surface area is 103 Å². The molecule has 0 saturated heterocycles. The minimum Gasteiger partial charge on any atom is -0.480 e. The van der Waals surface area contributed by atoms with E-state index in [1.54, 1.807) is 20.2 Å². The van der Waals surface area contributed by atoms with E-state index in [2.05, 4.69) is 10.4 Å². The van der Waals surface area contributed by atoms with Gasteiger partial charge in [-0.05, 0) is 6.92 Å². The Morgan fingerprint density at radius 3 is 2.56 bits per heavy atom. The lowest BCUT2D eigenvalue weighted by atomic mass is 10.2. The summed E-state index contributed by atoms with van der Waals surface area (Å²) in [4.78, 5) is 33.3. The zero-order valence-electron chi connectivity index (χ0n) is 10.0. The lowest BCUT2D eigenvalue weighted by Crippen LogP contribution is -2.43. The summed E-state index contributed by atoms with van der Waals surface area (Å²) in [5, 5.41) is 14.9. The highest BCUT2D eigenvalue weighted by molar-refractivity contribution is 5.97. The number of hydrogen-bond acceptors (Lipinski definition) is 4. The van der Waals surface area contributed by atoms with Gasteiger partial charge in [-0.2, -0.15) is 5.10 Å². The second-order valence-corrected chi connectivity index (χ2v) is 3.87. The minimum atomic E-state index is -1.35. The molecule has 8 heteroatoms. The summed E-state index contributed by atoms with van der Waals surface area (Å²) in [6.07, 6.45) is 1.16. The van der Waals surface area contributed by atoms with Gasteiger partial charge in [-0.15, -0.1) is 0 Å². The Kier molecular flexibility index (Phi) is 4.03. The van der Waals surface area contributed by atoms with Crippen LogP contribution in [0.5, 0.6) is 0 Å². The number of nitrogens with two attached hydrogens (primary N) is 1. The largest absolute Gasteiger partial charge is 0.480 e. The summed E-state index contributed by atoms with van der Waals surface area (Å²) in [5.41, 5.74) is 5.63. The van der Waals surface area contributed by atoms with E-state index >= 15 is 0 Å². The van der Waals surface area contributed by atoms with E-state index in [4.69, 9.17) is 10.8 Å². The number of nitrogens with zero attached hydrogens (tertiary/aromatic N) is 2. The standard InChI is InChI=1S/C10H14N4O4/c1-5-4-14(2)13-8(5)9(16)12-6(10(17)18)3-7(11)15/h4,6H,3H2,1-2H3,(H2,11,15)(H,12,16)(H,17,18)/t6-/m0/s1. The quantitative estimate of drug-likeness (QED) is 0.607. The molecule has 98 valence electrons. The molecule has 0 saturated carbocycles. The number of aliphatic carboxylic acids is 1. The summed E-state index contributed by atoms with van der Waals surface area (Å²) >= 11 is 0. The minimum absolute atomic E-state index is 0.119. The Hall–Kier alpha value is -2.38. The van der Waals surface area contributed by atoms with E-state index in [1.165, 1.54) is 4.68 Å². The van der Waals surface area contributed by atoms with E-state index in [0.717, 1.165) is 0 Å². The van der Waals surface area contributed by atoms with Crippen molar-refractivity contribution in [2.24, 2.45) is 12.8 Å². The highest BCUT2D eigenvalue weighted by Crippen LogP contribution is 2.05. The Bertz CT molecular complexity index is 494. The number of rotatable bonds is 5. The van der Waals surface area contributed by atoms with Crippen LogP contribution in [0.1, 0.15) is 22.5 Å². The lowest BCUT2D eigenvalue weighted by molar-refractivity contribution is -0.140. The van der Waals surface area contributed by atoms with Crippen molar-refractivity contribution in [3.05, 3.63) is 17.5 Å². The van der Waals surface area contributed by atoms with Crippen molar-refractivity contribution in [2.75, 3.05) is 0 Å². The first-order valence-electron chi connectivity index (χ1n) is 5.13. The second kappa shape index (κ2) is 5.30. The van der Waals surface area contributed by atoms with Crippen LogP contribution in [0.2, 0.25) is 0 Å². The molecule has 1 heterocycles. The maximum Gasteiger partial charge on any atom is 0.326 e. The molecule has 18 heavy (non-hydrogen) atoms. The van der Waals surface area contributed by atoms with Gasteiger partial charge in [0.25, 0.3) is 5.91 Å². The van der Waals surface area contributed by atoms with Gasteiger partial charge in [-0.3, -0.25) is 14.3 Å². The van der Waals surface area contributed by atoms with Gasteiger partial charge < -0.3 is 16.2 Å². The normalized spacial score (nSPS) is 11.9. The summed E-state index contributed by atoms with van der Waals surface area (Å²) in [5.74, 6) is -2.78. The first-order chi connectivity index (χ1) is 8.31. The third-order valence-corrected chi connectivity index (χ3v) is 2.24. The molecule has 1 rings (SSSR count). The number of carboxylic acids is 1. The topological polar surface area (TPSA) is 127 Å². The number of aromatic nitrogens is 2. The van der Waals surface area contributed by atoms with Crippen molar-refractivity contribution in [1.82, 2.24) is 15.1 Å². The molecule has 0 aliphatic carbocycles.